The third-order valence-electron chi connectivity index (χ3n) is 4.63. The lowest BCUT2D eigenvalue weighted by molar-refractivity contribution is 0.348. The predicted octanol–water partition coefficient (Wildman–Crippen LogP) is 4.31. The number of hydrogen-bond acceptors (Lipinski definition) is 4. The van der Waals surface area contributed by atoms with Gasteiger partial charge in [0, 0.05) is 24.1 Å². The molecule has 0 saturated heterocycles. The average Bonchev–Trinajstić information content (AvgIpc) is 3.30. The second-order valence-corrected chi connectivity index (χ2v) is 6.94. The second kappa shape index (κ2) is 6.20. The molecule has 2 saturated carbocycles. The van der Waals surface area contributed by atoms with Crippen LogP contribution in [0.4, 0.5) is 11.6 Å². The first kappa shape index (κ1) is 14.6. The number of nitrogens with one attached hydrogen (secondary N) is 2. The summed E-state index contributed by atoms with van der Waals surface area (Å²) in [6.07, 6.45) is 10.1. The Kier molecular flexibility index (Phi) is 4.32. The van der Waals surface area contributed by atoms with E-state index in [1.807, 2.05) is 0 Å². The molecule has 4 heteroatoms. The topological polar surface area (TPSA) is 49.8 Å². The van der Waals surface area contributed by atoms with Gasteiger partial charge in [-0.1, -0.05) is 26.2 Å². The van der Waals surface area contributed by atoms with E-state index < -0.39 is 0 Å². The summed E-state index contributed by atoms with van der Waals surface area (Å²) in [6, 6.07) is 2.08. The number of hydrogen-bond donors (Lipinski definition) is 2. The van der Waals surface area contributed by atoms with Gasteiger partial charge in [0.1, 0.15) is 17.5 Å². The average molecular weight is 288 g/mol. The Morgan fingerprint density at radius 2 is 1.86 bits per heavy atom. The van der Waals surface area contributed by atoms with Gasteiger partial charge in [0.05, 0.1) is 0 Å². The number of rotatable bonds is 6. The molecule has 0 atom stereocenters. The first-order valence-electron chi connectivity index (χ1n) is 8.59. The van der Waals surface area contributed by atoms with Gasteiger partial charge in [-0.25, -0.2) is 9.97 Å². The Labute approximate surface area is 128 Å². The van der Waals surface area contributed by atoms with E-state index in [-0.39, 0.29) is 5.54 Å². The highest BCUT2D eigenvalue weighted by Crippen LogP contribution is 2.39. The van der Waals surface area contributed by atoms with Crippen LogP contribution in [0.25, 0.3) is 0 Å². The molecule has 0 radical (unpaired) electrons. The molecular formula is C17H28N4. The first-order chi connectivity index (χ1) is 10.2. The van der Waals surface area contributed by atoms with Crippen molar-refractivity contribution < 1.29 is 0 Å². The molecule has 0 amide bonds. The molecule has 4 nitrogen and oxygen atoms in total. The fourth-order valence-electron chi connectivity index (χ4n) is 3.16. The molecule has 0 aromatic carbocycles. The van der Waals surface area contributed by atoms with Gasteiger partial charge in [-0.3, -0.25) is 0 Å². The van der Waals surface area contributed by atoms with Crippen molar-refractivity contribution in [1.29, 1.82) is 0 Å². The normalized spacial score (nSPS) is 21.0. The number of anilines is 2. The summed E-state index contributed by atoms with van der Waals surface area (Å²) >= 11 is 0. The molecule has 1 aromatic rings. The van der Waals surface area contributed by atoms with Crippen molar-refractivity contribution in [1.82, 2.24) is 9.97 Å². The van der Waals surface area contributed by atoms with Crippen molar-refractivity contribution in [3.63, 3.8) is 0 Å². The van der Waals surface area contributed by atoms with Crippen LogP contribution < -0.4 is 10.6 Å². The molecule has 2 fully saturated rings. The lowest BCUT2D eigenvalue weighted by Gasteiger charge is -2.35. The van der Waals surface area contributed by atoms with Gasteiger partial charge in [0.25, 0.3) is 0 Å². The maximum Gasteiger partial charge on any atom is 0.136 e. The van der Waals surface area contributed by atoms with Crippen molar-refractivity contribution in [2.45, 2.75) is 76.7 Å². The summed E-state index contributed by atoms with van der Waals surface area (Å²) in [4.78, 5) is 9.47. The van der Waals surface area contributed by atoms with Crippen LogP contribution in [0, 0.1) is 0 Å². The van der Waals surface area contributed by atoms with E-state index in [4.69, 9.17) is 4.98 Å². The van der Waals surface area contributed by atoms with Crippen molar-refractivity contribution in [2.24, 2.45) is 0 Å². The minimum atomic E-state index is 0.204. The van der Waals surface area contributed by atoms with E-state index in [2.05, 4.69) is 35.5 Å². The van der Waals surface area contributed by atoms with Gasteiger partial charge < -0.3 is 10.6 Å². The van der Waals surface area contributed by atoms with E-state index >= 15 is 0 Å². The highest BCUT2D eigenvalue weighted by Gasteiger charge is 2.30. The summed E-state index contributed by atoms with van der Waals surface area (Å²) < 4.78 is 0. The Bertz CT molecular complexity index is 476. The van der Waals surface area contributed by atoms with E-state index in [0.717, 1.165) is 30.4 Å². The third kappa shape index (κ3) is 3.86. The fraction of sp³-hybridized carbons (Fsp3) is 0.765. The highest BCUT2D eigenvalue weighted by molar-refractivity contribution is 5.49. The summed E-state index contributed by atoms with van der Waals surface area (Å²) in [5, 5.41) is 7.12. The molecule has 1 aromatic heterocycles. The summed E-state index contributed by atoms with van der Waals surface area (Å²) in [5.74, 6) is 3.61. The van der Waals surface area contributed by atoms with Crippen molar-refractivity contribution in [2.75, 3.05) is 17.2 Å². The van der Waals surface area contributed by atoms with Crippen molar-refractivity contribution in [3.8, 4) is 0 Å². The standard InChI is InChI=1S/C17H28N4/c1-3-11-18-14-12-15(20-16(19-14)13-7-8-13)21-17(2)9-5-4-6-10-17/h12-13H,3-11H2,1-2H3,(H2,18,19,20,21). The van der Waals surface area contributed by atoms with E-state index in [1.54, 1.807) is 0 Å². The molecule has 2 aliphatic carbocycles. The molecule has 0 bridgehead atoms. The largest absolute Gasteiger partial charge is 0.370 e. The molecule has 2 aliphatic rings. The van der Waals surface area contributed by atoms with Crippen LogP contribution >= 0.6 is 0 Å². The molecule has 21 heavy (non-hydrogen) atoms. The van der Waals surface area contributed by atoms with E-state index in [1.165, 1.54) is 44.9 Å². The molecule has 0 spiro atoms. The van der Waals surface area contributed by atoms with Gasteiger partial charge in [0.2, 0.25) is 0 Å². The first-order valence-corrected chi connectivity index (χ1v) is 8.59. The SMILES string of the molecule is CCCNc1cc(NC2(C)CCCCC2)nc(C2CC2)n1. The predicted molar refractivity (Wildman–Crippen MR) is 87.9 cm³/mol. The number of aromatic nitrogens is 2. The third-order valence-corrected chi connectivity index (χ3v) is 4.63. The molecule has 2 N–H and O–H groups in total. The molecule has 0 aliphatic heterocycles. The highest BCUT2D eigenvalue weighted by atomic mass is 15.1. The molecule has 0 unspecified atom stereocenters. The maximum absolute atomic E-state index is 4.78. The minimum absolute atomic E-state index is 0.204. The zero-order valence-electron chi connectivity index (χ0n) is 13.4. The maximum atomic E-state index is 4.78. The zero-order chi connectivity index (χ0) is 14.7. The lowest BCUT2D eigenvalue weighted by atomic mass is 9.83. The second-order valence-electron chi connectivity index (χ2n) is 6.94. The zero-order valence-corrected chi connectivity index (χ0v) is 13.4. The summed E-state index contributed by atoms with van der Waals surface area (Å²) in [7, 11) is 0. The molecule has 3 rings (SSSR count). The fourth-order valence-corrected chi connectivity index (χ4v) is 3.16. The lowest BCUT2D eigenvalue weighted by Crippen LogP contribution is -2.37. The van der Waals surface area contributed by atoms with Crippen LogP contribution in [-0.4, -0.2) is 22.1 Å². The quantitative estimate of drug-likeness (QED) is 0.819. The Hall–Kier alpha value is -1.32. The van der Waals surface area contributed by atoms with Crippen LogP contribution in [0.3, 0.4) is 0 Å². The summed E-state index contributed by atoms with van der Waals surface area (Å²) in [6.45, 7) is 5.49. The Morgan fingerprint density at radius 3 is 2.52 bits per heavy atom. The van der Waals surface area contributed by atoms with Crippen molar-refractivity contribution in [3.05, 3.63) is 11.9 Å². The van der Waals surface area contributed by atoms with Gasteiger partial charge in [0.15, 0.2) is 0 Å². The smallest absolute Gasteiger partial charge is 0.136 e. The molecule has 116 valence electrons. The van der Waals surface area contributed by atoms with Gasteiger partial charge in [-0.05, 0) is 39.0 Å². The van der Waals surface area contributed by atoms with Crippen LogP contribution in [0.5, 0.6) is 0 Å². The van der Waals surface area contributed by atoms with Crippen LogP contribution in [0.15, 0.2) is 6.07 Å². The van der Waals surface area contributed by atoms with Gasteiger partial charge >= 0.3 is 0 Å². The molecule has 1 heterocycles. The van der Waals surface area contributed by atoms with Crippen LogP contribution in [-0.2, 0) is 0 Å². The number of nitrogens with zero attached hydrogens (tertiary/aromatic N) is 2. The molecular weight excluding hydrogens is 260 g/mol. The Balaban J connectivity index is 1.77. The monoisotopic (exact) mass is 288 g/mol. The van der Waals surface area contributed by atoms with Crippen LogP contribution in [0.2, 0.25) is 0 Å². The Morgan fingerprint density at radius 1 is 1.14 bits per heavy atom. The summed E-state index contributed by atoms with van der Waals surface area (Å²) in [5.41, 5.74) is 0.204. The van der Waals surface area contributed by atoms with Crippen molar-refractivity contribution >= 4 is 11.6 Å². The van der Waals surface area contributed by atoms with Gasteiger partial charge in [-0.2, -0.15) is 0 Å². The van der Waals surface area contributed by atoms with E-state index in [0.29, 0.717) is 5.92 Å². The van der Waals surface area contributed by atoms with E-state index in [9.17, 15) is 0 Å². The van der Waals surface area contributed by atoms with Gasteiger partial charge in [-0.15, -0.1) is 0 Å². The van der Waals surface area contributed by atoms with Crippen LogP contribution in [0.1, 0.15) is 77.0 Å². The minimum Gasteiger partial charge on any atom is -0.370 e.